The number of carbonyl (C=O) groups excluding carboxylic acids is 2. The number of aromatic nitrogens is 6. The van der Waals surface area contributed by atoms with E-state index in [2.05, 4.69) is 232 Å². The second kappa shape index (κ2) is 29.2. The van der Waals surface area contributed by atoms with Crippen molar-refractivity contribution >= 4 is 56.5 Å². The third-order valence-corrected chi connectivity index (χ3v) is 19.0. The van der Waals surface area contributed by atoms with Gasteiger partial charge in [-0.25, -0.2) is 24.1 Å². The van der Waals surface area contributed by atoms with Crippen molar-refractivity contribution in [2.75, 3.05) is 20.2 Å². The molecule has 14 aromatic rings. The highest BCUT2D eigenvalue weighted by Gasteiger charge is 2.43. The van der Waals surface area contributed by atoms with Gasteiger partial charge in [-0.15, -0.1) is 0 Å². The fraction of sp³-hybridized carbons (Fsp3) is 0.126. The van der Waals surface area contributed by atoms with Crippen molar-refractivity contribution in [3.8, 4) is 22.5 Å². The highest BCUT2D eigenvalue weighted by Crippen LogP contribution is 2.48. The van der Waals surface area contributed by atoms with E-state index in [1.807, 2.05) is 103 Å². The summed E-state index contributed by atoms with van der Waals surface area (Å²) < 4.78 is 9.32. The first-order chi connectivity index (χ1) is 49.2. The van der Waals surface area contributed by atoms with Crippen LogP contribution in [0.1, 0.15) is 81.3 Å². The number of aliphatic imine (C=N–C) groups is 2. The zero-order valence-electron chi connectivity index (χ0n) is 55.9. The van der Waals surface area contributed by atoms with E-state index >= 15 is 0 Å². The first-order valence-electron chi connectivity index (χ1n) is 33.7. The Morgan fingerprint density at radius 1 is 0.440 bits per heavy atom. The molecule has 100 heavy (non-hydrogen) atoms. The monoisotopic (exact) mass is 1310 g/mol. The topological polar surface area (TPSA) is 168 Å². The van der Waals surface area contributed by atoms with E-state index in [0.29, 0.717) is 36.7 Å². The van der Waals surface area contributed by atoms with Crippen LogP contribution in [-0.2, 0) is 38.2 Å². The number of nitrogens with two attached hydrogens (primary N) is 1. The zero-order valence-corrected chi connectivity index (χ0v) is 55.9. The maximum Gasteiger partial charge on any atom is 0.352 e. The molecule has 2 aliphatic rings. The van der Waals surface area contributed by atoms with Crippen LogP contribution in [0.3, 0.4) is 0 Å². The normalized spacial score (nSPS) is 12.9. The molecule has 0 unspecified atom stereocenters. The van der Waals surface area contributed by atoms with Gasteiger partial charge in [0.15, 0.2) is 0 Å². The third kappa shape index (κ3) is 12.6. The molecule has 2 atom stereocenters. The largest absolute Gasteiger partial charge is 0.465 e. The molecule has 1 amide bonds. The molecule has 0 spiro atoms. The molecule has 6 heterocycles. The number of hydrogen-bond donors (Lipinski definition) is 2. The van der Waals surface area contributed by atoms with Gasteiger partial charge < -0.3 is 15.8 Å². The van der Waals surface area contributed by atoms with E-state index in [-0.39, 0.29) is 11.8 Å². The SMILES string of the molecule is COC(=O)C1=Nc2cc3c(-c4ccncc4)nn(C(c4ccccc4)(c4ccccc4)c4ccccc4)c3cc2C1.C[C@H](CN)c1ccccc1.C[C@H](CNC(=O)C1=Nc2cc3c(-c4ccncc4)nn(C(c4ccccc4)(c4ccccc4)c4ccccc4)c3cc2C1)c1ccccc1. The Balaban J connectivity index is 0.000000151. The van der Waals surface area contributed by atoms with Crippen LogP contribution in [0.4, 0.5) is 11.4 Å². The van der Waals surface area contributed by atoms with E-state index in [1.165, 1.54) is 18.2 Å². The van der Waals surface area contributed by atoms with Crippen molar-refractivity contribution in [3.63, 3.8) is 0 Å². The summed E-state index contributed by atoms with van der Waals surface area (Å²) in [6.45, 7) is 5.52. The molecule has 490 valence electrons. The molecule has 16 rings (SSSR count). The van der Waals surface area contributed by atoms with E-state index in [9.17, 15) is 9.59 Å². The van der Waals surface area contributed by atoms with Gasteiger partial charge in [-0.05, 0) is 123 Å². The number of rotatable bonds is 17. The number of pyridine rings is 2. The fourth-order valence-corrected chi connectivity index (χ4v) is 13.9. The number of nitrogens with one attached hydrogen (secondary N) is 1. The molecule has 0 bridgehead atoms. The maximum absolute atomic E-state index is 13.5. The number of fused-ring (bicyclic) bond motifs is 4. The Labute approximate surface area is 582 Å². The minimum absolute atomic E-state index is 0.133. The zero-order chi connectivity index (χ0) is 68.4. The number of methoxy groups -OCH3 is 1. The summed E-state index contributed by atoms with van der Waals surface area (Å²) in [7, 11) is 1.39. The molecule has 4 aromatic heterocycles. The fourth-order valence-electron chi connectivity index (χ4n) is 13.9. The van der Waals surface area contributed by atoms with E-state index in [4.69, 9.17) is 25.7 Å². The summed E-state index contributed by atoms with van der Waals surface area (Å²) in [5.41, 5.74) is 22.8. The van der Waals surface area contributed by atoms with Crippen molar-refractivity contribution < 1.29 is 14.3 Å². The summed E-state index contributed by atoms with van der Waals surface area (Å²) in [5.74, 6) is 0.133. The maximum atomic E-state index is 13.5. The molecular formula is C87H74N10O3. The van der Waals surface area contributed by atoms with Crippen LogP contribution in [0.2, 0.25) is 0 Å². The Hall–Kier alpha value is -12.3. The minimum Gasteiger partial charge on any atom is -0.465 e. The molecule has 0 saturated carbocycles. The van der Waals surface area contributed by atoms with Crippen molar-refractivity contribution in [2.24, 2.45) is 15.7 Å². The molecule has 13 heteroatoms. The lowest BCUT2D eigenvalue weighted by molar-refractivity contribution is -0.132. The smallest absolute Gasteiger partial charge is 0.352 e. The predicted octanol–water partition coefficient (Wildman–Crippen LogP) is 17.0. The van der Waals surface area contributed by atoms with Gasteiger partial charge in [-0.1, -0.05) is 257 Å². The number of amides is 1. The number of hydrogen-bond acceptors (Lipinski definition) is 10. The van der Waals surface area contributed by atoms with Crippen molar-refractivity contribution in [1.82, 2.24) is 34.8 Å². The van der Waals surface area contributed by atoms with Crippen LogP contribution in [0.5, 0.6) is 0 Å². The van der Waals surface area contributed by atoms with Gasteiger partial charge in [-0.2, -0.15) is 10.2 Å². The van der Waals surface area contributed by atoms with Gasteiger partial charge in [-0.3, -0.25) is 14.8 Å². The van der Waals surface area contributed by atoms with Crippen molar-refractivity contribution in [2.45, 2.75) is 49.6 Å². The number of ether oxygens (including phenoxy) is 1. The van der Waals surface area contributed by atoms with Crippen LogP contribution in [-0.4, -0.2) is 73.0 Å². The summed E-state index contributed by atoms with van der Waals surface area (Å²) in [5, 5.41) is 16.0. The summed E-state index contributed by atoms with van der Waals surface area (Å²) in [4.78, 5) is 43.9. The second-order valence-electron chi connectivity index (χ2n) is 25.1. The number of esters is 1. The van der Waals surface area contributed by atoms with Crippen LogP contribution < -0.4 is 11.1 Å². The molecular weight excluding hydrogens is 1230 g/mol. The van der Waals surface area contributed by atoms with Gasteiger partial charge in [0.25, 0.3) is 5.91 Å². The first kappa shape index (κ1) is 65.0. The molecule has 13 nitrogen and oxygen atoms in total. The summed E-state index contributed by atoms with van der Waals surface area (Å²) in [6.07, 6.45) is 8.00. The van der Waals surface area contributed by atoms with Gasteiger partial charge in [0.2, 0.25) is 0 Å². The molecule has 3 N–H and O–H groups in total. The number of carbonyl (C=O) groups is 2. The molecule has 10 aromatic carbocycles. The number of nitrogens with zero attached hydrogens (tertiary/aromatic N) is 8. The molecule has 2 aliphatic heterocycles. The van der Waals surface area contributed by atoms with Crippen LogP contribution >= 0.6 is 0 Å². The third-order valence-electron chi connectivity index (χ3n) is 19.0. The minimum atomic E-state index is -0.811. The van der Waals surface area contributed by atoms with Gasteiger partial charge in [0.1, 0.15) is 33.9 Å². The highest BCUT2D eigenvalue weighted by molar-refractivity contribution is 6.41. The van der Waals surface area contributed by atoms with Gasteiger partial charge >= 0.3 is 5.97 Å². The average molecular weight is 1310 g/mol. The molecule has 0 radical (unpaired) electrons. The molecule has 0 aliphatic carbocycles. The average Bonchev–Trinajstić information content (AvgIpc) is 1.49. The van der Waals surface area contributed by atoms with Crippen molar-refractivity contribution in [3.05, 3.63) is 372 Å². The second-order valence-corrected chi connectivity index (χ2v) is 25.1. The predicted molar refractivity (Wildman–Crippen MR) is 401 cm³/mol. The lowest BCUT2D eigenvalue weighted by Gasteiger charge is -2.37. The van der Waals surface area contributed by atoms with E-state index in [1.54, 1.807) is 24.8 Å². The Morgan fingerprint density at radius 2 is 0.760 bits per heavy atom. The lowest BCUT2D eigenvalue weighted by Crippen LogP contribution is -2.38. The van der Waals surface area contributed by atoms with Crippen molar-refractivity contribution in [1.29, 1.82) is 0 Å². The lowest BCUT2D eigenvalue weighted by atomic mass is 9.77. The Morgan fingerprint density at radius 3 is 1.10 bits per heavy atom. The first-order valence-corrected chi connectivity index (χ1v) is 33.7. The summed E-state index contributed by atoms with van der Waals surface area (Å²) in [6, 6.07) is 100. The Bertz CT molecular complexity index is 5000. The molecule has 0 fully saturated rings. The standard InChI is InChI=1S/C43H35N5O.C35H26N4O2.C9H13N/c1-30(31-14-6-2-7-15-31)29-45-42(49)39-26-33-27-40-37(28-38(33)46-39)41(32-22-24-44-25-23-32)47-48(40)43(34-16-8-3-9-17-34,35-18-10-4-11-19-35)36-20-12-5-13-21-36;1-41-34(40)31-21-25-22-32-29(23-30(25)37-31)33(24-17-19-36-20-18-24)38-39(32)35(26-11-5-2-6-12-26,27-13-7-3-8-14-27)28-15-9-4-10-16-28;1-8(7-10)9-5-3-2-4-6-9/h2-25,27-28,30H,26,29H2,1H3,(H,45,49);2-20,22-23H,21H2,1H3;2-6,8H,7,10H2,1H3/t30-;;8-/m1.1/s1. The summed E-state index contributed by atoms with van der Waals surface area (Å²) >= 11 is 0. The highest BCUT2D eigenvalue weighted by atomic mass is 16.5. The van der Waals surface area contributed by atoms with E-state index in [0.717, 1.165) is 107 Å². The van der Waals surface area contributed by atoms with Crippen LogP contribution in [0, 0.1) is 0 Å². The number of benzene rings is 10. The van der Waals surface area contributed by atoms with Crippen LogP contribution in [0.25, 0.3) is 44.3 Å². The van der Waals surface area contributed by atoms with Gasteiger partial charge in [0, 0.05) is 66.1 Å². The Kier molecular flexibility index (Phi) is 19.0. The van der Waals surface area contributed by atoms with Gasteiger partial charge in [0.05, 0.1) is 29.5 Å². The quantitative estimate of drug-likeness (QED) is 0.0671. The van der Waals surface area contributed by atoms with E-state index < -0.39 is 17.0 Å². The van der Waals surface area contributed by atoms with Crippen LogP contribution in [0.15, 0.2) is 326 Å². The molecule has 0 saturated heterocycles.